The molecule has 0 atom stereocenters. The van der Waals surface area contributed by atoms with E-state index in [1.54, 1.807) is 49.6 Å². The van der Waals surface area contributed by atoms with Crippen LogP contribution in [0.1, 0.15) is 30.2 Å². The lowest BCUT2D eigenvalue weighted by Gasteiger charge is -2.35. The summed E-state index contributed by atoms with van der Waals surface area (Å²) in [6, 6.07) is 12.7. The largest absolute Gasteiger partial charge is 0.440 e. The first-order valence-corrected chi connectivity index (χ1v) is 11.2. The molecule has 3 aromatic rings. The van der Waals surface area contributed by atoms with Crippen molar-refractivity contribution in [2.75, 3.05) is 20.1 Å². The molecule has 0 radical (unpaired) electrons. The van der Waals surface area contributed by atoms with Crippen LogP contribution in [0.3, 0.4) is 0 Å². The van der Waals surface area contributed by atoms with Crippen molar-refractivity contribution in [3.05, 3.63) is 72.0 Å². The molecule has 8 heteroatoms. The molecule has 2 heterocycles. The van der Waals surface area contributed by atoms with Crippen LogP contribution in [-0.2, 0) is 14.4 Å². The number of nitrogens with zero attached hydrogens (tertiary/aromatic N) is 2. The van der Waals surface area contributed by atoms with Gasteiger partial charge < -0.3 is 4.42 Å². The highest BCUT2D eigenvalue weighted by molar-refractivity contribution is 7.86. The van der Waals surface area contributed by atoms with Gasteiger partial charge in [0.15, 0.2) is 11.7 Å². The van der Waals surface area contributed by atoms with Crippen molar-refractivity contribution in [1.82, 2.24) is 4.98 Å². The molecule has 158 valence electrons. The summed E-state index contributed by atoms with van der Waals surface area (Å²) in [5.74, 6) is 0.979. The van der Waals surface area contributed by atoms with Gasteiger partial charge in [0, 0.05) is 24.3 Å². The second kappa shape index (κ2) is 7.94. The lowest BCUT2D eigenvalue weighted by atomic mass is 9.97. The molecular weight excluding hydrogens is 407 g/mol. The van der Waals surface area contributed by atoms with Crippen LogP contribution in [0, 0.1) is 12.7 Å². The Balaban J connectivity index is 1.42. The van der Waals surface area contributed by atoms with E-state index >= 15 is 0 Å². The summed E-state index contributed by atoms with van der Waals surface area (Å²) in [6.45, 7) is 2.94. The lowest BCUT2D eigenvalue weighted by molar-refractivity contribution is -1.07. The highest BCUT2D eigenvalue weighted by atomic mass is 32.2. The molecule has 1 fully saturated rings. The molecule has 6 nitrogen and oxygen atoms in total. The average Bonchev–Trinajstić information content (AvgIpc) is 3.19. The smallest absolute Gasteiger partial charge is 0.342 e. The molecule has 0 spiro atoms. The number of hydroxylamine groups is 3. The molecule has 4 rings (SSSR count). The molecule has 2 aromatic carbocycles. The highest BCUT2D eigenvalue weighted by Crippen LogP contribution is 2.34. The zero-order chi connectivity index (χ0) is 21.4. The minimum atomic E-state index is -3.85. The Hall–Kier alpha value is -2.55. The number of quaternary nitrogens is 1. The predicted octanol–water partition coefficient (Wildman–Crippen LogP) is 4.43. The number of hydrogen-bond acceptors (Lipinski definition) is 5. The van der Waals surface area contributed by atoms with Crippen LogP contribution in [0.5, 0.6) is 0 Å². The highest BCUT2D eigenvalue weighted by Gasteiger charge is 2.39. The van der Waals surface area contributed by atoms with Crippen molar-refractivity contribution < 1.29 is 26.2 Å². The summed E-state index contributed by atoms with van der Waals surface area (Å²) >= 11 is 0. The Morgan fingerprint density at radius 2 is 1.70 bits per heavy atom. The Bertz CT molecular complexity index is 1120. The van der Waals surface area contributed by atoms with E-state index in [1.165, 1.54) is 12.1 Å². The third kappa shape index (κ3) is 4.45. The number of halogens is 1. The topological polar surface area (TPSA) is 69.4 Å². The quantitative estimate of drug-likeness (QED) is 0.559. The van der Waals surface area contributed by atoms with Crippen LogP contribution >= 0.6 is 0 Å². The van der Waals surface area contributed by atoms with E-state index < -0.39 is 10.1 Å². The van der Waals surface area contributed by atoms with Gasteiger partial charge in [-0.15, -0.1) is 0 Å². The maximum Gasteiger partial charge on any atom is 0.342 e. The van der Waals surface area contributed by atoms with Crippen LogP contribution in [0.4, 0.5) is 4.39 Å². The van der Waals surface area contributed by atoms with Crippen LogP contribution in [0.15, 0.2) is 64.0 Å². The molecule has 30 heavy (non-hydrogen) atoms. The molecule has 1 saturated heterocycles. The van der Waals surface area contributed by atoms with E-state index in [1.807, 2.05) is 6.92 Å². The zero-order valence-corrected chi connectivity index (χ0v) is 17.7. The van der Waals surface area contributed by atoms with E-state index in [0.717, 1.165) is 11.1 Å². The van der Waals surface area contributed by atoms with E-state index in [9.17, 15) is 12.8 Å². The van der Waals surface area contributed by atoms with Gasteiger partial charge in [-0.3, -0.25) is 0 Å². The number of likely N-dealkylation sites (tertiary alicyclic amines) is 1. The molecule has 1 aromatic heterocycles. The minimum Gasteiger partial charge on any atom is -0.440 e. The van der Waals surface area contributed by atoms with E-state index in [-0.39, 0.29) is 21.3 Å². The van der Waals surface area contributed by atoms with Gasteiger partial charge in [0.25, 0.3) is 0 Å². The van der Waals surface area contributed by atoms with Crippen LogP contribution in [0.2, 0.25) is 0 Å². The van der Waals surface area contributed by atoms with Gasteiger partial charge in [0.2, 0.25) is 0 Å². The molecule has 0 aliphatic carbocycles. The lowest BCUT2D eigenvalue weighted by Crippen LogP contribution is -2.50. The van der Waals surface area contributed by atoms with Crippen molar-refractivity contribution in [2.24, 2.45) is 0 Å². The van der Waals surface area contributed by atoms with E-state index in [0.29, 0.717) is 37.6 Å². The first kappa shape index (κ1) is 20.7. The van der Waals surface area contributed by atoms with Gasteiger partial charge in [-0.25, -0.2) is 9.37 Å². The molecule has 1 aliphatic heterocycles. The van der Waals surface area contributed by atoms with Crippen LogP contribution < -0.4 is 0 Å². The fourth-order valence-electron chi connectivity index (χ4n) is 3.64. The van der Waals surface area contributed by atoms with E-state index in [4.69, 9.17) is 8.70 Å². The number of oxazole rings is 1. The zero-order valence-electron chi connectivity index (χ0n) is 16.9. The summed E-state index contributed by atoms with van der Waals surface area (Å²) in [6.07, 6.45) is 3.01. The van der Waals surface area contributed by atoms with Crippen molar-refractivity contribution in [1.29, 1.82) is 0 Å². The fourth-order valence-corrected chi connectivity index (χ4v) is 4.82. The number of benzene rings is 2. The van der Waals surface area contributed by atoms with Crippen molar-refractivity contribution in [2.45, 2.75) is 30.6 Å². The molecule has 0 amide bonds. The predicted molar refractivity (Wildman–Crippen MR) is 109 cm³/mol. The first-order chi connectivity index (χ1) is 14.2. The molecular formula is C22H24FN2O4S+. The Kier molecular flexibility index (Phi) is 5.48. The molecule has 1 aliphatic rings. The van der Waals surface area contributed by atoms with Gasteiger partial charge in [0.05, 0.1) is 11.1 Å². The monoisotopic (exact) mass is 431 g/mol. The summed E-state index contributed by atoms with van der Waals surface area (Å²) in [7, 11) is -2.07. The Labute approximate surface area is 175 Å². The van der Waals surface area contributed by atoms with Gasteiger partial charge in [-0.05, 0) is 43.3 Å². The van der Waals surface area contributed by atoms with Crippen LogP contribution in [-0.4, -0.2) is 38.2 Å². The fraction of sp³-hybridized carbons (Fsp3) is 0.318. The average molecular weight is 432 g/mol. The van der Waals surface area contributed by atoms with Gasteiger partial charge in [-0.2, -0.15) is 13.1 Å². The van der Waals surface area contributed by atoms with Gasteiger partial charge in [-0.1, -0.05) is 22.0 Å². The molecule has 0 N–H and O–H groups in total. The Morgan fingerprint density at radius 3 is 2.33 bits per heavy atom. The van der Waals surface area contributed by atoms with E-state index in [2.05, 4.69) is 4.98 Å². The van der Waals surface area contributed by atoms with Gasteiger partial charge in [0.1, 0.15) is 26.0 Å². The number of rotatable bonds is 5. The summed E-state index contributed by atoms with van der Waals surface area (Å²) in [5, 5.41) is 0. The van der Waals surface area contributed by atoms with Gasteiger partial charge >= 0.3 is 10.1 Å². The number of aryl methyl sites for hydroxylation is 1. The third-order valence-corrected chi connectivity index (χ3v) is 6.90. The van der Waals surface area contributed by atoms with Crippen molar-refractivity contribution in [3.8, 4) is 11.3 Å². The second-order valence-electron chi connectivity index (χ2n) is 7.93. The minimum absolute atomic E-state index is 0.0156. The second-order valence-corrected chi connectivity index (χ2v) is 9.46. The molecule has 0 saturated carbocycles. The number of piperidine rings is 1. The number of aromatic nitrogens is 1. The molecule has 0 bridgehead atoms. The maximum absolute atomic E-state index is 13.1. The Morgan fingerprint density at radius 1 is 1.07 bits per heavy atom. The van der Waals surface area contributed by atoms with Crippen LogP contribution in [0.25, 0.3) is 11.3 Å². The summed E-state index contributed by atoms with van der Waals surface area (Å²) < 4.78 is 49.9. The number of hydrogen-bond donors (Lipinski definition) is 0. The standard InChI is InChI=1S/C22H24FN2O4S/c1-16-3-9-20(10-4-16)30(26,27)29-25(2)13-11-18(12-14-25)22-24-15-21(28-22)17-5-7-19(23)8-6-17/h3-10,15,18H,11-14H2,1-2H3/q+1. The SMILES string of the molecule is Cc1ccc(S(=O)(=O)O[N+]2(C)CCC(c3ncc(-c4ccc(F)cc4)o3)CC2)cc1. The van der Waals surface area contributed by atoms with Crippen molar-refractivity contribution in [3.63, 3.8) is 0 Å². The summed E-state index contributed by atoms with van der Waals surface area (Å²) in [5.41, 5.74) is 1.75. The van der Waals surface area contributed by atoms with Crippen molar-refractivity contribution >= 4 is 10.1 Å². The first-order valence-electron chi connectivity index (χ1n) is 9.83. The molecule has 0 unspecified atom stereocenters. The third-order valence-electron chi connectivity index (χ3n) is 5.49. The maximum atomic E-state index is 13.1. The summed E-state index contributed by atoms with van der Waals surface area (Å²) in [4.78, 5) is 4.55. The normalized spacial score (nSPS) is 22.2.